The van der Waals surface area contributed by atoms with Crippen molar-refractivity contribution in [1.29, 1.82) is 0 Å². The predicted octanol–water partition coefficient (Wildman–Crippen LogP) is 2.51. The summed E-state index contributed by atoms with van der Waals surface area (Å²) in [7, 11) is -0.787. The van der Waals surface area contributed by atoms with Crippen LogP contribution in [0.1, 0.15) is 13.8 Å². The molecule has 1 rings (SSSR count). The van der Waals surface area contributed by atoms with E-state index in [-0.39, 0.29) is 0 Å². The van der Waals surface area contributed by atoms with Crippen molar-refractivity contribution in [2.24, 2.45) is 0 Å². The molecule has 0 fully saturated rings. The highest BCUT2D eigenvalue weighted by atomic mass is 32.2. The van der Waals surface area contributed by atoms with Gasteiger partial charge < -0.3 is 0 Å². The van der Waals surface area contributed by atoms with E-state index >= 15 is 0 Å². The van der Waals surface area contributed by atoms with Crippen LogP contribution in [0.5, 0.6) is 0 Å². The Bertz CT molecular complexity index is 179. The van der Waals surface area contributed by atoms with Crippen molar-refractivity contribution >= 4 is 22.1 Å². The molecule has 0 aliphatic rings. The largest absolute Gasteiger partial charge is 0.255 e. The topological polar surface area (TPSA) is 17.1 Å². The maximum atomic E-state index is 10.6. The molecule has 0 aromatic carbocycles. The lowest BCUT2D eigenvalue weighted by atomic mass is 10.7. The lowest BCUT2D eigenvalue weighted by molar-refractivity contribution is 0.687. The maximum absolute atomic E-state index is 10.6. The Morgan fingerprint density at radius 2 is 2.10 bits per heavy atom. The minimum atomic E-state index is -0.787. The summed E-state index contributed by atoms with van der Waals surface area (Å²) in [6.07, 6.45) is 1.68. The molecule has 1 unspecified atom stereocenters. The molecule has 0 radical (unpaired) electrons. The van der Waals surface area contributed by atoms with Crippen molar-refractivity contribution < 1.29 is 4.21 Å². The van der Waals surface area contributed by atoms with Gasteiger partial charge in [-0.1, -0.05) is 13.8 Å². The van der Waals surface area contributed by atoms with Gasteiger partial charge in [-0.3, -0.25) is 4.21 Å². The molecule has 0 saturated heterocycles. The van der Waals surface area contributed by atoms with Gasteiger partial charge >= 0.3 is 0 Å². The third-order valence-electron chi connectivity index (χ3n) is 0.827. The lowest BCUT2D eigenvalue weighted by Gasteiger charge is -1.81. The average Bonchev–Trinajstić information content (AvgIpc) is 2.42. The first-order chi connectivity index (χ1) is 4.80. The predicted molar refractivity (Wildman–Crippen MR) is 48.0 cm³/mol. The monoisotopic (exact) mass is 176 g/mol. The Labute approximate surface area is 68.5 Å². The molecule has 58 valence electrons. The third kappa shape index (κ3) is 3.13. The van der Waals surface area contributed by atoms with Crippen LogP contribution in [0.25, 0.3) is 0 Å². The van der Waals surface area contributed by atoms with Crippen molar-refractivity contribution in [1.82, 2.24) is 0 Å². The van der Waals surface area contributed by atoms with Gasteiger partial charge in [0.15, 0.2) is 0 Å². The number of thiophene rings is 1. The fraction of sp³-hybridized carbons (Fsp3) is 0.429. The summed E-state index contributed by atoms with van der Waals surface area (Å²) in [5.74, 6) is 0. The molecule has 1 aromatic heterocycles. The van der Waals surface area contributed by atoms with E-state index in [9.17, 15) is 4.21 Å². The minimum Gasteiger partial charge on any atom is -0.255 e. The standard InChI is InChI=1S/C5H6OS2.C2H6/c1-8(6)5-2-3-7-4-5;1-2/h2-4H,1H3;1-2H3. The van der Waals surface area contributed by atoms with E-state index in [0.717, 1.165) is 4.90 Å². The second-order valence-electron chi connectivity index (χ2n) is 1.41. The molecule has 1 atom stereocenters. The van der Waals surface area contributed by atoms with Crippen molar-refractivity contribution in [3.05, 3.63) is 16.8 Å². The highest BCUT2D eigenvalue weighted by Gasteiger charge is 1.92. The Hall–Kier alpha value is -0.150. The average molecular weight is 176 g/mol. The molecule has 0 amide bonds. The smallest absolute Gasteiger partial charge is 0.0506 e. The minimum absolute atomic E-state index is 0.787. The summed E-state index contributed by atoms with van der Waals surface area (Å²) in [5, 5.41) is 3.83. The first kappa shape index (κ1) is 9.85. The van der Waals surface area contributed by atoms with Crippen LogP contribution >= 0.6 is 11.3 Å². The van der Waals surface area contributed by atoms with E-state index in [1.54, 1.807) is 17.6 Å². The molecule has 1 nitrogen and oxygen atoms in total. The van der Waals surface area contributed by atoms with Crippen LogP contribution in [0.3, 0.4) is 0 Å². The van der Waals surface area contributed by atoms with Crippen LogP contribution in [0.15, 0.2) is 21.7 Å². The highest BCUT2D eigenvalue weighted by molar-refractivity contribution is 7.84. The van der Waals surface area contributed by atoms with Gasteiger partial charge in [0.1, 0.15) is 0 Å². The maximum Gasteiger partial charge on any atom is 0.0506 e. The molecule has 10 heavy (non-hydrogen) atoms. The van der Waals surface area contributed by atoms with Crippen molar-refractivity contribution in [3.8, 4) is 0 Å². The van der Waals surface area contributed by atoms with Crippen molar-refractivity contribution in [2.45, 2.75) is 18.7 Å². The Balaban J connectivity index is 0.000000371. The van der Waals surface area contributed by atoms with Gasteiger partial charge in [-0.15, -0.1) is 0 Å². The first-order valence-electron chi connectivity index (χ1n) is 3.16. The second kappa shape index (κ2) is 5.62. The number of rotatable bonds is 1. The van der Waals surface area contributed by atoms with E-state index < -0.39 is 10.8 Å². The zero-order valence-corrected chi connectivity index (χ0v) is 8.09. The van der Waals surface area contributed by atoms with Crippen molar-refractivity contribution in [2.75, 3.05) is 6.26 Å². The fourth-order valence-electron chi connectivity index (χ4n) is 0.416. The van der Waals surface area contributed by atoms with Crippen LogP contribution in [-0.4, -0.2) is 10.5 Å². The molecule has 0 N–H and O–H groups in total. The first-order valence-corrected chi connectivity index (χ1v) is 5.66. The number of hydrogen-bond donors (Lipinski definition) is 0. The Morgan fingerprint density at radius 3 is 2.30 bits per heavy atom. The SMILES string of the molecule is CC.CS(=O)c1ccsc1. The van der Waals surface area contributed by atoms with Gasteiger partial charge in [0, 0.05) is 16.5 Å². The van der Waals surface area contributed by atoms with Gasteiger partial charge in [-0.05, 0) is 11.4 Å². The molecule has 0 aliphatic heterocycles. The molecule has 0 saturated carbocycles. The summed E-state index contributed by atoms with van der Waals surface area (Å²) >= 11 is 1.57. The van der Waals surface area contributed by atoms with E-state index in [4.69, 9.17) is 0 Å². The zero-order chi connectivity index (χ0) is 7.98. The summed E-state index contributed by atoms with van der Waals surface area (Å²) in [5.41, 5.74) is 0. The molecular formula is C7H12OS2. The fourth-order valence-corrected chi connectivity index (χ4v) is 1.99. The molecule has 0 aliphatic carbocycles. The summed E-state index contributed by atoms with van der Waals surface area (Å²) in [6, 6.07) is 1.88. The lowest BCUT2D eigenvalue weighted by Crippen LogP contribution is -1.80. The normalized spacial score (nSPS) is 11.5. The van der Waals surface area contributed by atoms with Crippen LogP contribution in [0, 0.1) is 0 Å². The Kier molecular flexibility index (Phi) is 5.54. The molecular weight excluding hydrogens is 164 g/mol. The van der Waals surface area contributed by atoms with E-state index in [1.807, 2.05) is 30.7 Å². The van der Waals surface area contributed by atoms with Gasteiger partial charge in [0.25, 0.3) is 0 Å². The third-order valence-corrected chi connectivity index (χ3v) is 2.58. The molecule has 3 heteroatoms. The summed E-state index contributed by atoms with van der Waals surface area (Å²) in [4.78, 5) is 0.926. The molecule has 1 heterocycles. The van der Waals surface area contributed by atoms with E-state index in [2.05, 4.69) is 0 Å². The molecule has 0 bridgehead atoms. The van der Waals surface area contributed by atoms with Crippen LogP contribution < -0.4 is 0 Å². The summed E-state index contributed by atoms with van der Waals surface area (Å²) in [6.45, 7) is 4.00. The Morgan fingerprint density at radius 1 is 1.50 bits per heavy atom. The summed E-state index contributed by atoms with van der Waals surface area (Å²) < 4.78 is 10.6. The molecule has 0 spiro atoms. The van der Waals surface area contributed by atoms with E-state index in [1.165, 1.54) is 0 Å². The van der Waals surface area contributed by atoms with Gasteiger partial charge in [0.05, 0.1) is 10.8 Å². The highest BCUT2D eigenvalue weighted by Crippen LogP contribution is 2.08. The van der Waals surface area contributed by atoms with Crippen LogP contribution in [-0.2, 0) is 10.8 Å². The van der Waals surface area contributed by atoms with Gasteiger partial charge in [0.2, 0.25) is 0 Å². The second-order valence-corrected chi connectivity index (χ2v) is 3.57. The van der Waals surface area contributed by atoms with Crippen LogP contribution in [0.2, 0.25) is 0 Å². The van der Waals surface area contributed by atoms with Gasteiger partial charge in [-0.2, -0.15) is 11.3 Å². The van der Waals surface area contributed by atoms with Gasteiger partial charge in [-0.25, -0.2) is 0 Å². The molecule has 1 aromatic rings. The number of hydrogen-bond acceptors (Lipinski definition) is 2. The van der Waals surface area contributed by atoms with Crippen molar-refractivity contribution in [3.63, 3.8) is 0 Å². The van der Waals surface area contributed by atoms with Crippen LogP contribution in [0.4, 0.5) is 0 Å². The van der Waals surface area contributed by atoms with E-state index in [0.29, 0.717) is 0 Å². The quantitative estimate of drug-likeness (QED) is 0.642. The zero-order valence-electron chi connectivity index (χ0n) is 6.46.